The molecule has 4 heteroatoms. The third-order valence-electron chi connectivity index (χ3n) is 2.32. The number of aromatic nitrogens is 1. The van der Waals surface area contributed by atoms with Crippen LogP contribution in [0.3, 0.4) is 0 Å². The molecule has 0 bridgehead atoms. The van der Waals surface area contributed by atoms with Gasteiger partial charge in [-0.3, -0.25) is 5.41 Å². The minimum Gasteiger partial charge on any atom is -0.364 e. The van der Waals surface area contributed by atoms with Gasteiger partial charge in [-0.05, 0) is 12.8 Å². The van der Waals surface area contributed by atoms with Gasteiger partial charge in [0, 0.05) is 19.0 Å². The van der Waals surface area contributed by atoms with Crippen molar-refractivity contribution in [2.24, 2.45) is 0 Å². The number of rotatable bonds is 2. The summed E-state index contributed by atoms with van der Waals surface area (Å²) in [6, 6.07) is 1.85. The molecule has 0 spiro atoms. The van der Waals surface area contributed by atoms with Crippen LogP contribution in [0.15, 0.2) is 16.9 Å². The third kappa shape index (κ3) is 1.88. The average Bonchev–Trinajstić information content (AvgIpc) is 2.61. The second-order valence-electron chi connectivity index (χ2n) is 3.32. The van der Waals surface area contributed by atoms with Gasteiger partial charge in [-0.15, -0.1) is 0 Å². The first-order valence-electron chi connectivity index (χ1n) is 4.58. The monoisotopic (exact) mass is 179 g/mol. The number of hydrogen-bond donors (Lipinski definition) is 1. The van der Waals surface area contributed by atoms with E-state index in [2.05, 4.69) is 10.1 Å². The van der Waals surface area contributed by atoms with Crippen molar-refractivity contribution in [1.29, 1.82) is 5.41 Å². The Bertz CT molecular complexity index is 281. The summed E-state index contributed by atoms with van der Waals surface area (Å²) in [4.78, 5) is 2.06. The maximum Gasteiger partial charge on any atom is 0.124 e. The maximum atomic E-state index is 7.72. The second-order valence-corrected chi connectivity index (χ2v) is 3.32. The summed E-state index contributed by atoms with van der Waals surface area (Å²) in [6.45, 7) is 1.70. The molecule has 1 fully saturated rings. The molecule has 1 aliphatic heterocycles. The summed E-state index contributed by atoms with van der Waals surface area (Å²) in [5.74, 6) is 0.731. The molecular formula is C9H13N3O. The minimum absolute atomic E-state index is 0.718. The van der Waals surface area contributed by atoms with Crippen molar-refractivity contribution in [1.82, 2.24) is 10.1 Å². The Morgan fingerprint density at radius 1 is 1.54 bits per heavy atom. The van der Waals surface area contributed by atoms with Crippen molar-refractivity contribution in [2.45, 2.75) is 25.8 Å². The van der Waals surface area contributed by atoms with Crippen molar-refractivity contribution in [3.05, 3.63) is 18.0 Å². The Balaban J connectivity index is 1.97. The van der Waals surface area contributed by atoms with E-state index in [4.69, 9.17) is 9.93 Å². The highest BCUT2D eigenvalue weighted by Crippen LogP contribution is 2.13. The smallest absolute Gasteiger partial charge is 0.124 e. The van der Waals surface area contributed by atoms with E-state index >= 15 is 0 Å². The molecule has 0 radical (unpaired) electrons. The Kier molecular flexibility index (Phi) is 2.29. The Morgan fingerprint density at radius 2 is 2.46 bits per heavy atom. The largest absolute Gasteiger partial charge is 0.364 e. The molecule has 0 saturated carbocycles. The fourth-order valence-corrected chi connectivity index (χ4v) is 1.58. The highest BCUT2D eigenvalue weighted by atomic mass is 16.5. The lowest BCUT2D eigenvalue weighted by Crippen LogP contribution is -2.34. The quantitative estimate of drug-likeness (QED) is 0.750. The number of nitrogens with one attached hydrogen (secondary N) is 1. The summed E-state index contributed by atoms with van der Waals surface area (Å²) in [7, 11) is 0. The molecule has 70 valence electrons. The van der Waals surface area contributed by atoms with Crippen molar-refractivity contribution in [3.63, 3.8) is 0 Å². The summed E-state index contributed by atoms with van der Waals surface area (Å²) in [5, 5.41) is 11.5. The highest BCUT2D eigenvalue weighted by molar-refractivity contribution is 5.79. The summed E-state index contributed by atoms with van der Waals surface area (Å²) >= 11 is 0. The van der Waals surface area contributed by atoms with Gasteiger partial charge in [-0.2, -0.15) is 0 Å². The van der Waals surface area contributed by atoms with Crippen molar-refractivity contribution < 1.29 is 4.52 Å². The summed E-state index contributed by atoms with van der Waals surface area (Å²) in [6.07, 6.45) is 4.80. The van der Waals surface area contributed by atoms with Crippen LogP contribution in [0.25, 0.3) is 0 Å². The third-order valence-corrected chi connectivity index (χ3v) is 2.32. The van der Waals surface area contributed by atoms with Crippen LogP contribution in [0.4, 0.5) is 0 Å². The molecule has 1 aliphatic rings. The number of piperidine rings is 1. The maximum absolute atomic E-state index is 7.72. The van der Waals surface area contributed by atoms with E-state index in [1.54, 1.807) is 6.26 Å². The van der Waals surface area contributed by atoms with Gasteiger partial charge < -0.3 is 9.42 Å². The van der Waals surface area contributed by atoms with E-state index in [0.717, 1.165) is 37.5 Å². The fraction of sp³-hybridized carbons (Fsp3) is 0.556. The van der Waals surface area contributed by atoms with E-state index in [0.29, 0.717) is 0 Å². The number of likely N-dealkylation sites (tertiary alicyclic amines) is 1. The normalized spacial score (nSPS) is 17.8. The molecule has 4 nitrogen and oxygen atoms in total. The molecule has 13 heavy (non-hydrogen) atoms. The lowest BCUT2D eigenvalue weighted by atomic mass is 10.1. The molecule has 0 unspecified atom stereocenters. The molecule has 2 rings (SSSR count). The van der Waals surface area contributed by atoms with E-state index in [-0.39, 0.29) is 0 Å². The Labute approximate surface area is 77.0 Å². The van der Waals surface area contributed by atoms with Crippen LogP contribution in [0.2, 0.25) is 0 Å². The first-order valence-corrected chi connectivity index (χ1v) is 4.58. The first kappa shape index (κ1) is 8.29. The van der Waals surface area contributed by atoms with Gasteiger partial charge >= 0.3 is 0 Å². The Hall–Kier alpha value is -1.32. The zero-order chi connectivity index (χ0) is 9.10. The molecule has 0 amide bonds. The fourth-order valence-electron chi connectivity index (χ4n) is 1.58. The first-order chi connectivity index (χ1) is 6.36. The van der Waals surface area contributed by atoms with Gasteiger partial charge in [0.2, 0.25) is 0 Å². The van der Waals surface area contributed by atoms with Crippen LogP contribution in [-0.2, 0) is 6.54 Å². The van der Waals surface area contributed by atoms with E-state index in [1.165, 1.54) is 6.42 Å². The van der Waals surface area contributed by atoms with Gasteiger partial charge in [0.05, 0.1) is 12.4 Å². The van der Waals surface area contributed by atoms with E-state index < -0.39 is 0 Å². The molecule has 1 aromatic heterocycles. The molecule has 0 atom stereocenters. The average molecular weight is 179 g/mol. The molecule has 1 N–H and O–H groups in total. The molecule has 0 aromatic carbocycles. The van der Waals surface area contributed by atoms with Crippen molar-refractivity contribution in [2.75, 3.05) is 6.54 Å². The molecule has 0 aliphatic carbocycles. The second kappa shape index (κ2) is 3.60. The number of nitrogens with zero attached hydrogens (tertiary/aromatic N) is 2. The summed E-state index contributed by atoms with van der Waals surface area (Å²) < 4.78 is 4.74. The number of hydrogen-bond acceptors (Lipinski definition) is 3. The van der Waals surface area contributed by atoms with Gasteiger partial charge in [0.25, 0.3) is 0 Å². The topological polar surface area (TPSA) is 53.1 Å². The van der Waals surface area contributed by atoms with E-state index in [9.17, 15) is 0 Å². The molecule has 1 saturated heterocycles. The predicted molar refractivity (Wildman–Crippen MR) is 48.5 cm³/mol. The predicted octanol–water partition coefficient (Wildman–Crippen LogP) is 1.64. The standard InChI is InChI=1S/C9H13N3O/c10-9-3-1-2-5-12(9)7-8-4-6-13-11-8/h4,6,10H,1-3,5,7H2. The van der Waals surface area contributed by atoms with Crippen LogP contribution >= 0.6 is 0 Å². The zero-order valence-corrected chi connectivity index (χ0v) is 7.49. The molecular weight excluding hydrogens is 166 g/mol. The van der Waals surface area contributed by atoms with Crippen LogP contribution in [-0.4, -0.2) is 22.4 Å². The van der Waals surface area contributed by atoms with Gasteiger partial charge in [-0.1, -0.05) is 5.16 Å². The molecule has 1 aromatic rings. The van der Waals surface area contributed by atoms with Crippen LogP contribution in [0.1, 0.15) is 25.0 Å². The van der Waals surface area contributed by atoms with Gasteiger partial charge in [0.15, 0.2) is 0 Å². The van der Waals surface area contributed by atoms with Crippen LogP contribution in [0, 0.1) is 5.41 Å². The van der Waals surface area contributed by atoms with Crippen molar-refractivity contribution >= 4 is 5.84 Å². The Morgan fingerprint density at radius 3 is 3.15 bits per heavy atom. The highest BCUT2D eigenvalue weighted by Gasteiger charge is 2.15. The van der Waals surface area contributed by atoms with Gasteiger partial charge in [-0.25, -0.2) is 0 Å². The SMILES string of the molecule is N=C1CCCCN1Cc1ccon1. The molecule has 2 heterocycles. The number of amidine groups is 1. The van der Waals surface area contributed by atoms with E-state index in [1.807, 2.05) is 6.07 Å². The minimum atomic E-state index is 0.718. The van der Waals surface area contributed by atoms with Crippen molar-refractivity contribution in [3.8, 4) is 0 Å². The van der Waals surface area contributed by atoms with Crippen LogP contribution in [0.5, 0.6) is 0 Å². The van der Waals surface area contributed by atoms with Gasteiger partial charge in [0.1, 0.15) is 12.0 Å². The lowest BCUT2D eigenvalue weighted by Gasteiger charge is -2.28. The lowest BCUT2D eigenvalue weighted by molar-refractivity contribution is 0.340. The van der Waals surface area contributed by atoms with Crippen LogP contribution < -0.4 is 0 Å². The zero-order valence-electron chi connectivity index (χ0n) is 7.49. The summed E-state index contributed by atoms with van der Waals surface area (Å²) in [5.41, 5.74) is 0.909.